The first-order valence-corrected chi connectivity index (χ1v) is 8.63. The second-order valence-electron chi connectivity index (χ2n) is 6.59. The van der Waals surface area contributed by atoms with Gasteiger partial charge in [0.25, 0.3) is 0 Å². The van der Waals surface area contributed by atoms with Crippen LogP contribution in [0.15, 0.2) is 49.1 Å². The fourth-order valence-corrected chi connectivity index (χ4v) is 3.46. The summed E-state index contributed by atoms with van der Waals surface area (Å²) in [7, 11) is 0. The van der Waals surface area contributed by atoms with Crippen molar-refractivity contribution in [2.24, 2.45) is 0 Å². The third-order valence-corrected chi connectivity index (χ3v) is 4.87. The number of hydrogen-bond acceptors (Lipinski definition) is 4. The number of H-pyrrole nitrogens is 1. The Morgan fingerprint density at radius 3 is 3.04 bits per heavy atom. The minimum Gasteiger partial charge on any atom is -0.508 e. The van der Waals surface area contributed by atoms with Gasteiger partial charge in [-0.1, -0.05) is 18.2 Å². The Labute approximate surface area is 151 Å². The summed E-state index contributed by atoms with van der Waals surface area (Å²) in [5.41, 5.74) is 4.49. The van der Waals surface area contributed by atoms with Crippen LogP contribution in [0.4, 0.5) is 0 Å². The molecule has 0 aliphatic carbocycles. The Balaban J connectivity index is 1.65. The van der Waals surface area contributed by atoms with E-state index in [0.717, 1.165) is 34.5 Å². The lowest BCUT2D eigenvalue weighted by Crippen LogP contribution is -2.41. The van der Waals surface area contributed by atoms with Gasteiger partial charge in [-0.15, -0.1) is 0 Å². The van der Waals surface area contributed by atoms with E-state index < -0.39 is 0 Å². The lowest BCUT2D eigenvalue weighted by molar-refractivity contribution is -0.132. The largest absolute Gasteiger partial charge is 0.508 e. The molecule has 2 aromatic heterocycles. The van der Waals surface area contributed by atoms with Crippen LogP contribution in [0.5, 0.6) is 5.75 Å². The van der Waals surface area contributed by atoms with Crippen molar-refractivity contribution in [3.05, 3.63) is 77.1 Å². The first kappa shape index (κ1) is 16.3. The van der Waals surface area contributed by atoms with Crippen LogP contribution >= 0.6 is 0 Å². The first-order chi connectivity index (χ1) is 12.6. The van der Waals surface area contributed by atoms with Gasteiger partial charge in [-0.3, -0.25) is 9.78 Å². The summed E-state index contributed by atoms with van der Waals surface area (Å²) in [6.45, 7) is 2.45. The lowest BCUT2D eigenvalue weighted by atomic mass is 9.96. The average molecular weight is 348 g/mol. The molecule has 1 aliphatic heterocycles. The second kappa shape index (κ2) is 6.63. The third kappa shape index (κ3) is 2.94. The number of aromatic amines is 1. The molecular weight excluding hydrogens is 328 g/mol. The fourth-order valence-electron chi connectivity index (χ4n) is 3.46. The molecule has 26 heavy (non-hydrogen) atoms. The number of nitrogens with one attached hydrogen (secondary N) is 1. The number of rotatable bonds is 3. The molecule has 1 aromatic carbocycles. The summed E-state index contributed by atoms with van der Waals surface area (Å²) < 4.78 is 0. The number of fused-ring (bicyclic) bond motifs is 1. The Morgan fingerprint density at radius 2 is 2.27 bits per heavy atom. The zero-order valence-electron chi connectivity index (χ0n) is 14.5. The summed E-state index contributed by atoms with van der Waals surface area (Å²) in [6, 6.07) is 8.98. The van der Waals surface area contributed by atoms with E-state index in [0.29, 0.717) is 6.54 Å². The number of aryl methyl sites for hydroxylation is 1. The van der Waals surface area contributed by atoms with Gasteiger partial charge in [-0.2, -0.15) is 0 Å². The zero-order valence-corrected chi connectivity index (χ0v) is 14.5. The van der Waals surface area contributed by atoms with Crippen LogP contribution in [0.3, 0.4) is 0 Å². The van der Waals surface area contributed by atoms with Crippen LogP contribution in [-0.4, -0.2) is 37.4 Å². The highest BCUT2D eigenvalue weighted by atomic mass is 16.3. The van der Waals surface area contributed by atoms with E-state index in [1.54, 1.807) is 24.8 Å². The average Bonchev–Trinajstić information content (AvgIpc) is 3.13. The van der Waals surface area contributed by atoms with Gasteiger partial charge in [0.2, 0.25) is 5.91 Å². The van der Waals surface area contributed by atoms with Crippen molar-refractivity contribution in [3.63, 3.8) is 0 Å². The number of amides is 1. The molecule has 6 nitrogen and oxygen atoms in total. The van der Waals surface area contributed by atoms with Crippen molar-refractivity contribution in [2.45, 2.75) is 25.8 Å². The highest BCUT2D eigenvalue weighted by Gasteiger charge is 2.34. The molecule has 1 atom stereocenters. The standard InChI is InChI=1S/C20H20N4O2/c1-13-4-5-14(9-17(13)25)10-18(26)24-8-6-16-19(23-12-22-16)20(24)15-3-2-7-21-11-15/h2-5,7,9,11-12,20,25H,6,8,10H2,1H3,(H,22,23). The van der Waals surface area contributed by atoms with Crippen molar-refractivity contribution in [1.82, 2.24) is 19.9 Å². The van der Waals surface area contributed by atoms with Crippen LogP contribution in [-0.2, 0) is 17.6 Å². The predicted molar refractivity (Wildman–Crippen MR) is 96.6 cm³/mol. The van der Waals surface area contributed by atoms with Gasteiger partial charge < -0.3 is 15.0 Å². The van der Waals surface area contributed by atoms with Gasteiger partial charge in [0.15, 0.2) is 0 Å². The quantitative estimate of drug-likeness (QED) is 0.762. The Kier molecular flexibility index (Phi) is 4.16. The minimum atomic E-state index is -0.245. The van der Waals surface area contributed by atoms with Gasteiger partial charge in [-0.25, -0.2) is 4.98 Å². The molecule has 2 N–H and O–H groups in total. The van der Waals surface area contributed by atoms with E-state index in [9.17, 15) is 9.90 Å². The molecule has 0 spiro atoms. The van der Waals surface area contributed by atoms with Crippen LogP contribution in [0, 0.1) is 6.92 Å². The number of nitrogens with zero attached hydrogens (tertiary/aromatic N) is 3. The maximum Gasteiger partial charge on any atom is 0.227 e. The maximum absolute atomic E-state index is 13.1. The number of pyridine rings is 1. The number of aromatic hydroxyl groups is 1. The molecule has 1 unspecified atom stereocenters. The van der Waals surface area contributed by atoms with Crippen molar-refractivity contribution in [1.29, 1.82) is 0 Å². The van der Waals surface area contributed by atoms with Crippen LogP contribution in [0.1, 0.15) is 34.1 Å². The Bertz CT molecular complexity index is 936. The number of hydrogen-bond donors (Lipinski definition) is 2. The lowest BCUT2D eigenvalue weighted by Gasteiger charge is -2.35. The number of carbonyl (C=O) groups excluding carboxylic acids is 1. The van der Waals surface area contributed by atoms with Gasteiger partial charge >= 0.3 is 0 Å². The van der Waals surface area contributed by atoms with Crippen molar-refractivity contribution < 1.29 is 9.90 Å². The van der Waals surface area contributed by atoms with Crippen molar-refractivity contribution in [2.75, 3.05) is 6.54 Å². The van der Waals surface area contributed by atoms with Gasteiger partial charge in [0.1, 0.15) is 11.8 Å². The second-order valence-corrected chi connectivity index (χ2v) is 6.59. The summed E-state index contributed by atoms with van der Waals surface area (Å²) in [6.07, 6.45) is 6.17. The minimum absolute atomic E-state index is 0.00996. The van der Waals surface area contributed by atoms with Gasteiger partial charge in [0, 0.05) is 31.1 Å². The monoisotopic (exact) mass is 348 g/mol. The Hall–Kier alpha value is -3.15. The molecule has 0 saturated heterocycles. The molecule has 1 aliphatic rings. The molecule has 1 amide bonds. The van der Waals surface area contributed by atoms with E-state index in [4.69, 9.17) is 0 Å². The zero-order chi connectivity index (χ0) is 18.1. The fraction of sp³-hybridized carbons (Fsp3) is 0.250. The third-order valence-electron chi connectivity index (χ3n) is 4.87. The molecule has 0 saturated carbocycles. The number of benzene rings is 1. The van der Waals surface area contributed by atoms with E-state index in [1.165, 1.54) is 0 Å². The molecule has 3 heterocycles. The number of carbonyl (C=O) groups is 1. The number of imidazole rings is 1. The molecule has 0 radical (unpaired) electrons. The molecule has 4 rings (SSSR count). The summed E-state index contributed by atoms with van der Waals surface area (Å²) >= 11 is 0. The summed E-state index contributed by atoms with van der Waals surface area (Å²) in [4.78, 5) is 26.8. The number of phenolic OH excluding ortho intramolecular Hbond substituents is 1. The van der Waals surface area contributed by atoms with E-state index in [-0.39, 0.29) is 24.1 Å². The van der Waals surface area contributed by atoms with Crippen LogP contribution < -0.4 is 0 Å². The van der Waals surface area contributed by atoms with E-state index >= 15 is 0 Å². The molecule has 3 aromatic rings. The summed E-state index contributed by atoms with van der Waals surface area (Å²) in [5, 5.41) is 9.91. The first-order valence-electron chi connectivity index (χ1n) is 8.63. The number of phenols is 1. The molecule has 6 heteroatoms. The normalized spacial score (nSPS) is 16.3. The van der Waals surface area contributed by atoms with Crippen LogP contribution in [0.25, 0.3) is 0 Å². The number of aromatic nitrogens is 3. The van der Waals surface area contributed by atoms with Crippen molar-refractivity contribution in [3.8, 4) is 5.75 Å². The molecule has 0 bridgehead atoms. The van der Waals surface area contributed by atoms with Crippen LogP contribution in [0.2, 0.25) is 0 Å². The highest BCUT2D eigenvalue weighted by molar-refractivity contribution is 5.80. The molecule has 132 valence electrons. The predicted octanol–water partition coefficient (Wildman–Crippen LogP) is 2.54. The maximum atomic E-state index is 13.1. The smallest absolute Gasteiger partial charge is 0.227 e. The highest BCUT2D eigenvalue weighted by Crippen LogP contribution is 2.33. The summed E-state index contributed by atoms with van der Waals surface area (Å²) in [5.74, 6) is 0.225. The molecular formula is C20H20N4O2. The SMILES string of the molecule is Cc1ccc(CC(=O)N2CCc3[nH]cnc3C2c2cccnc2)cc1O. The van der Waals surface area contributed by atoms with Gasteiger partial charge in [0.05, 0.1) is 18.4 Å². The topological polar surface area (TPSA) is 82.1 Å². The van der Waals surface area contributed by atoms with Crippen molar-refractivity contribution >= 4 is 5.91 Å². The Morgan fingerprint density at radius 1 is 1.38 bits per heavy atom. The molecule has 0 fully saturated rings. The van der Waals surface area contributed by atoms with E-state index in [2.05, 4.69) is 15.0 Å². The van der Waals surface area contributed by atoms with E-state index in [1.807, 2.05) is 36.1 Å². The van der Waals surface area contributed by atoms with Gasteiger partial charge in [-0.05, 0) is 35.7 Å².